The van der Waals surface area contributed by atoms with Crippen LogP contribution in [0.3, 0.4) is 0 Å². The van der Waals surface area contributed by atoms with Crippen LogP contribution in [-0.2, 0) is 4.79 Å². The molecule has 1 aliphatic heterocycles. The number of amides is 1. The summed E-state index contributed by atoms with van der Waals surface area (Å²) in [5, 5.41) is 0. The highest BCUT2D eigenvalue weighted by Crippen LogP contribution is 2.48. The van der Waals surface area contributed by atoms with Crippen molar-refractivity contribution in [1.82, 2.24) is 9.80 Å². The van der Waals surface area contributed by atoms with Crippen molar-refractivity contribution < 1.29 is 4.79 Å². The Morgan fingerprint density at radius 2 is 1.92 bits per heavy atom. The summed E-state index contributed by atoms with van der Waals surface area (Å²) in [7, 11) is 0. The molecule has 140 valence electrons. The Balaban J connectivity index is 1.37. The normalized spacial score (nSPS) is 28.2. The quantitative estimate of drug-likeness (QED) is 0.691. The zero-order valence-corrected chi connectivity index (χ0v) is 15.9. The third-order valence-electron chi connectivity index (χ3n) is 6.39. The molecule has 26 heavy (non-hydrogen) atoms. The molecule has 0 aromatic heterocycles. The number of carbonyl (C=O) groups excluding carboxylic acids is 1. The lowest BCUT2D eigenvalue weighted by Gasteiger charge is -2.30. The van der Waals surface area contributed by atoms with Crippen molar-refractivity contribution in [3.05, 3.63) is 48.0 Å². The number of hydrogen-bond acceptors (Lipinski definition) is 2. The maximum atomic E-state index is 13.3. The molecule has 0 N–H and O–H groups in total. The van der Waals surface area contributed by atoms with Crippen LogP contribution in [-0.4, -0.2) is 48.4 Å². The maximum Gasteiger partial charge on any atom is 0.226 e. The molecule has 1 aromatic carbocycles. The zero-order chi connectivity index (χ0) is 17.8. The highest BCUT2D eigenvalue weighted by atomic mass is 16.2. The third kappa shape index (κ3) is 4.37. The summed E-state index contributed by atoms with van der Waals surface area (Å²) in [4.78, 5) is 18.0. The number of likely N-dealkylation sites (tertiary alicyclic amines) is 1. The smallest absolute Gasteiger partial charge is 0.226 e. The highest BCUT2D eigenvalue weighted by Gasteiger charge is 2.45. The van der Waals surface area contributed by atoms with Gasteiger partial charge in [0, 0.05) is 25.6 Å². The molecule has 3 nitrogen and oxygen atoms in total. The number of hydrogen-bond donors (Lipinski definition) is 0. The second kappa shape index (κ2) is 8.39. The van der Waals surface area contributed by atoms with Crippen molar-refractivity contribution >= 4 is 5.91 Å². The zero-order valence-electron chi connectivity index (χ0n) is 15.9. The molecule has 0 bridgehead atoms. The van der Waals surface area contributed by atoms with E-state index >= 15 is 0 Å². The van der Waals surface area contributed by atoms with Gasteiger partial charge in [-0.15, -0.1) is 0 Å². The van der Waals surface area contributed by atoms with Gasteiger partial charge in [-0.2, -0.15) is 0 Å². The first kappa shape index (κ1) is 17.8. The van der Waals surface area contributed by atoms with Crippen LogP contribution in [0.25, 0.3) is 0 Å². The van der Waals surface area contributed by atoms with Gasteiger partial charge in [0.25, 0.3) is 0 Å². The van der Waals surface area contributed by atoms with Gasteiger partial charge < -0.3 is 9.80 Å². The van der Waals surface area contributed by atoms with E-state index in [9.17, 15) is 4.79 Å². The average Bonchev–Trinajstić information content (AvgIpc) is 3.33. The molecule has 1 heterocycles. The van der Waals surface area contributed by atoms with Crippen molar-refractivity contribution in [2.45, 2.75) is 44.4 Å². The van der Waals surface area contributed by atoms with E-state index < -0.39 is 0 Å². The van der Waals surface area contributed by atoms with Crippen molar-refractivity contribution in [1.29, 1.82) is 0 Å². The molecule has 1 aromatic rings. The molecule has 2 aliphatic carbocycles. The van der Waals surface area contributed by atoms with Gasteiger partial charge in [-0.3, -0.25) is 4.79 Å². The van der Waals surface area contributed by atoms with Gasteiger partial charge >= 0.3 is 0 Å². The Hall–Kier alpha value is -1.61. The van der Waals surface area contributed by atoms with Gasteiger partial charge in [-0.25, -0.2) is 0 Å². The lowest BCUT2D eigenvalue weighted by molar-refractivity contribution is -0.133. The SMILES string of the molecule is O=C([C@H]1C[C@H]1c1ccccc1)N(CCN1CCCC1)C[C@H]1CC=CCC1. The van der Waals surface area contributed by atoms with Crippen LogP contribution in [0.4, 0.5) is 0 Å². The molecule has 1 amide bonds. The van der Waals surface area contributed by atoms with Crippen LogP contribution in [0.2, 0.25) is 0 Å². The van der Waals surface area contributed by atoms with Gasteiger partial charge in [-0.1, -0.05) is 42.5 Å². The number of rotatable bonds is 7. The van der Waals surface area contributed by atoms with Gasteiger partial charge in [-0.05, 0) is 69.0 Å². The topological polar surface area (TPSA) is 23.6 Å². The van der Waals surface area contributed by atoms with E-state index in [1.165, 1.54) is 44.3 Å². The second-order valence-corrected chi connectivity index (χ2v) is 8.34. The number of allylic oxidation sites excluding steroid dienone is 2. The Morgan fingerprint density at radius 3 is 2.65 bits per heavy atom. The van der Waals surface area contributed by atoms with Crippen LogP contribution in [0.1, 0.15) is 50.0 Å². The van der Waals surface area contributed by atoms with Crippen molar-refractivity contribution in [3.63, 3.8) is 0 Å². The molecular formula is C23H32N2O. The molecular weight excluding hydrogens is 320 g/mol. The van der Waals surface area contributed by atoms with Crippen LogP contribution >= 0.6 is 0 Å². The number of carbonyl (C=O) groups is 1. The molecule has 0 spiro atoms. The fourth-order valence-electron chi connectivity index (χ4n) is 4.66. The summed E-state index contributed by atoms with van der Waals surface area (Å²) in [5.41, 5.74) is 1.34. The van der Waals surface area contributed by atoms with Crippen LogP contribution < -0.4 is 0 Å². The van der Waals surface area contributed by atoms with E-state index in [2.05, 4.69) is 52.3 Å². The first-order valence-electron chi connectivity index (χ1n) is 10.5. The molecule has 3 aliphatic rings. The Kier molecular flexibility index (Phi) is 5.74. The molecule has 2 fully saturated rings. The minimum atomic E-state index is 0.218. The van der Waals surface area contributed by atoms with E-state index in [-0.39, 0.29) is 5.92 Å². The predicted molar refractivity (Wildman–Crippen MR) is 106 cm³/mol. The van der Waals surface area contributed by atoms with E-state index in [0.29, 0.717) is 17.7 Å². The standard InChI is InChI=1S/C23H32N2O/c26-23(22-17-21(22)20-11-5-2-6-12-20)25(16-15-24-13-7-8-14-24)18-19-9-3-1-4-10-19/h1-3,5-6,11-12,19,21-22H,4,7-10,13-18H2/t19-,21-,22-/m0/s1. The van der Waals surface area contributed by atoms with Crippen LogP contribution in [0, 0.1) is 11.8 Å². The van der Waals surface area contributed by atoms with Crippen LogP contribution in [0.15, 0.2) is 42.5 Å². The molecule has 3 atom stereocenters. The molecule has 1 saturated carbocycles. The number of benzene rings is 1. The predicted octanol–water partition coefficient (Wildman–Crippen LogP) is 4.07. The highest BCUT2D eigenvalue weighted by molar-refractivity contribution is 5.83. The summed E-state index contributed by atoms with van der Waals surface area (Å²) < 4.78 is 0. The molecule has 4 rings (SSSR count). The minimum Gasteiger partial charge on any atom is -0.341 e. The first-order valence-corrected chi connectivity index (χ1v) is 10.5. The van der Waals surface area contributed by atoms with Gasteiger partial charge in [0.2, 0.25) is 5.91 Å². The van der Waals surface area contributed by atoms with Crippen molar-refractivity contribution in [2.75, 3.05) is 32.7 Å². The summed E-state index contributed by atoms with van der Waals surface area (Å²) >= 11 is 0. The maximum absolute atomic E-state index is 13.3. The summed E-state index contributed by atoms with van der Waals surface area (Å²) in [5.74, 6) is 1.73. The first-order chi connectivity index (χ1) is 12.8. The Bertz CT molecular complexity index is 620. The largest absolute Gasteiger partial charge is 0.341 e. The summed E-state index contributed by atoms with van der Waals surface area (Å²) in [6, 6.07) is 10.6. The third-order valence-corrected chi connectivity index (χ3v) is 6.39. The monoisotopic (exact) mass is 352 g/mol. The Morgan fingerprint density at radius 1 is 1.12 bits per heavy atom. The minimum absolute atomic E-state index is 0.218. The molecule has 1 saturated heterocycles. The summed E-state index contributed by atoms with van der Waals surface area (Å²) in [6.45, 7) is 5.34. The molecule has 0 radical (unpaired) electrons. The van der Waals surface area contributed by atoms with Crippen molar-refractivity contribution in [2.24, 2.45) is 11.8 Å². The van der Waals surface area contributed by atoms with Crippen molar-refractivity contribution in [3.8, 4) is 0 Å². The fourth-order valence-corrected chi connectivity index (χ4v) is 4.66. The number of nitrogens with zero attached hydrogens (tertiary/aromatic N) is 2. The van der Waals surface area contributed by atoms with E-state index in [1.54, 1.807) is 0 Å². The second-order valence-electron chi connectivity index (χ2n) is 8.34. The summed E-state index contributed by atoms with van der Waals surface area (Å²) in [6.07, 6.45) is 11.8. The lowest BCUT2D eigenvalue weighted by Crippen LogP contribution is -2.41. The fraction of sp³-hybridized carbons (Fsp3) is 0.609. The average molecular weight is 353 g/mol. The van der Waals surface area contributed by atoms with E-state index in [1.807, 2.05) is 0 Å². The van der Waals surface area contributed by atoms with Gasteiger partial charge in [0.1, 0.15) is 0 Å². The van der Waals surface area contributed by atoms with E-state index in [4.69, 9.17) is 0 Å². The van der Waals surface area contributed by atoms with Crippen LogP contribution in [0.5, 0.6) is 0 Å². The Labute approximate surface area is 158 Å². The van der Waals surface area contributed by atoms with E-state index in [0.717, 1.165) is 32.5 Å². The molecule has 0 unspecified atom stereocenters. The molecule has 3 heteroatoms. The van der Waals surface area contributed by atoms with Gasteiger partial charge in [0.15, 0.2) is 0 Å². The lowest BCUT2D eigenvalue weighted by atomic mass is 9.93. The van der Waals surface area contributed by atoms with Gasteiger partial charge in [0.05, 0.1) is 0 Å².